The van der Waals surface area contributed by atoms with Gasteiger partial charge in [-0.1, -0.05) is 13.8 Å². The van der Waals surface area contributed by atoms with E-state index in [1.165, 1.54) is 0 Å². The van der Waals surface area contributed by atoms with E-state index >= 15 is 0 Å². The largest absolute Gasteiger partial charge is 0.391 e. The van der Waals surface area contributed by atoms with Gasteiger partial charge in [0.2, 0.25) is 6.41 Å². The minimum atomic E-state index is -4.16. The molecule has 19 heavy (non-hydrogen) atoms. The van der Waals surface area contributed by atoms with Crippen molar-refractivity contribution in [3.05, 3.63) is 0 Å². The van der Waals surface area contributed by atoms with Crippen molar-refractivity contribution in [3.8, 4) is 0 Å². The molecule has 0 atom stereocenters. The molecule has 0 radical (unpaired) electrons. The van der Waals surface area contributed by atoms with Gasteiger partial charge in [0.25, 0.3) is 0 Å². The number of carbonyl (C=O) groups is 2. The van der Waals surface area contributed by atoms with Crippen LogP contribution in [0.3, 0.4) is 0 Å². The predicted octanol–water partition coefficient (Wildman–Crippen LogP) is 2.98. The molecule has 7 heteroatoms. The van der Waals surface area contributed by atoms with Crippen molar-refractivity contribution in [1.29, 1.82) is 0 Å². The average molecular weight is 282 g/mol. The number of hydrogen-bond acceptors (Lipinski definition) is 2. The lowest BCUT2D eigenvalue weighted by Crippen LogP contribution is -2.52. The summed E-state index contributed by atoms with van der Waals surface area (Å²) in [7, 11) is 0. The number of halogens is 3. The monoisotopic (exact) mass is 282 g/mol. The first kappa shape index (κ1) is 17.7. The molecule has 0 spiro atoms. The first-order chi connectivity index (χ1) is 8.77. The molecule has 112 valence electrons. The number of nitrogens with one attached hydrogen (secondary N) is 2. The van der Waals surface area contributed by atoms with Crippen LogP contribution in [0.4, 0.5) is 18.0 Å². The van der Waals surface area contributed by atoms with Crippen molar-refractivity contribution in [1.82, 2.24) is 10.6 Å². The van der Waals surface area contributed by atoms with Gasteiger partial charge in [-0.2, -0.15) is 13.2 Å². The number of rotatable bonds is 2. The van der Waals surface area contributed by atoms with Gasteiger partial charge in [-0.25, -0.2) is 4.79 Å². The van der Waals surface area contributed by atoms with Crippen molar-refractivity contribution in [2.45, 2.75) is 58.2 Å². The summed E-state index contributed by atoms with van der Waals surface area (Å²) in [5.41, 5.74) is -0.672. The number of imide groups is 1. The number of amides is 3. The fourth-order valence-corrected chi connectivity index (χ4v) is 2.07. The summed E-state index contributed by atoms with van der Waals surface area (Å²) in [6, 6.07) is -0.673. The van der Waals surface area contributed by atoms with Gasteiger partial charge < -0.3 is 5.32 Å². The third-order valence-electron chi connectivity index (χ3n) is 3.16. The Morgan fingerprint density at radius 3 is 2.11 bits per heavy atom. The second-order valence-corrected chi connectivity index (χ2v) is 4.59. The lowest BCUT2D eigenvalue weighted by Gasteiger charge is -2.38. The molecule has 0 bridgehead atoms. The van der Waals surface area contributed by atoms with Crippen LogP contribution in [0.25, 0.3) is 0 Å². The molecule has 1 fully saturated rings. The third kappa shape index (κ3) is 5.94. The van der Waals surface area contributed by atoms with Gasteiger partial charge in [0.05, 0.1) is 5.92 Å². The first-order valence-electron chi connectivity index (χ1n) is 6.36. The molecule has 3 amide bonds. The maximum Gasteiger partial charge on any atom is 0.391 e. The van der Waals surface area contributed by atoms with E-state index < -0.39 is 23.7 Å². The quantitative estimate of drug-likeness (QED) is 0.765. The van der Waals surface area contributed by atoms with Crippen molar-refractivity contribution in [3.63, 3.8) is 0 Å². The van der Waals surface area contributed by atoms with Gasteiger partial charge >= 0.3 is 12.2 Å². The molecule has 2 N–H and O–H groups in total. The summed E-state index contributed by atoms with van der Waals surface area (Å²) < 4.78 is 37.3. The van der Waals surface area contributed by atoms with Crippen molar-refractivity contribution < 1.29 is 22.8 Å². The van der Waals surface area contributed by atoms with Crippen LogP contribution in [0.1, 0.15) is 46.5 Å². The summed E-state index contributed by atoms with van der Waals surface area (Å²) in [6.07, 6.45) is -3.41. The summed E-state index contributed by atoms with van der Waals surface area (Å²) in [5, 5.41) is 4.43. The third-order valence-corrected chi connectivity index (χ3v) is 3.16. The van der Waals surface area contributed by atoms with Crippen LogP contribution in [-0.4, -0.2) is 24.2 Å². The number of hydrogen-bond donors (Lipinski definition) is 2. The average Bonchev–Trinajstić information content (AvgIpc) is 2.30. The normalized spacial score (nSPS) is 26.7. The van der Waals surface area contributed by atoms with E-state index in [2.05, 4.69) is 5.32 Å². The number of carbonyl (C=O) groups excluding carboxylic acids is 2. The van der Waals surface area contributed by atoms with Crippen LogP contribution in [0, 0.1) is 5.92 Å². The van der Waals surface area contributed by atoms with Crippen LogP contribution in [0.5, 0.6) is 0 Å². The van der Waals surface area contributed by atoms with Crippen molar-refractivity contribution >= 4 is 12.4 Å². The number of alkyl halides is 3. The molecule has 0 aliphatic heterocycles. The molecule has 1 aliphatic rings. The second-order valence-electron chi connectivity index (χ2n) is 4.59. The highest BCUT2D eigenvalue weighted by Crippen LogP contribution is 2.40. The molecule has 1 saturated carbocycles. The zero-order chi connectivity index (χ0) is 15.1. The van der Waals surface area contributed by atoms with Crippen LogP contribution in [0.2, 0.25) is 0 Å². The molecule has 0 unspecified atom stereocenters. The highest BCUT2D eigenvalue weighted by molar-refractivity contribution is 5.84. The van der Waals surface area contributed by atoms with Crippen LogP contribution in [-0.2, 0) is 4.79 Å². The van der Waals surface area contributed by atoms with E-state index in [0.29, 0.717) is 0 Å². The Balaban J connectivity index is 0.00000154. The van der Waals surface area contributed by atoms with E-state index in [0.717, 1.165) is 0 Å². The second kappa shape index (κ2) is 7.35. The Kier molecular flexibility index (Phi) is 6.86. The van der Waals surface area contributed by atoms with Crippen molar-refractivity contribution in [2.75, 3.05) is 0 Å². The summed E-state index contributed by atoms with van der Waals surface area (Å²) >= 11 is 0. The Bertz CT molecular complexity index is 298. The molecule has 0 heterocycles. The lowest BCUT2D eigenvalue weighted by atomic mass is 9.77. The van der Waals surface area contributed by atoms with Gasteiger partial charge in [-0.3, -0.25) is 10.1 Å². The Hall–Kier alpha value is -1.27. The topological polar surface area (TPSA) is 58.2 Å². The zero-order valence-electron chi connectivity index (χ0n) is 11.4. The molecule has 1 aliphatic carbocycles. The van der Waals surface area contributed by atoms with Gasteiger partial charge in [-0.15, -0.1) is 0 Å². The summed E-state index contributed by atoms with van der Waals surface area (Å²) in [6.45, 7) is 5.68. The fourth-order valence-electron chi connectivity index (χ4n) is 2.07. The van der Waals surface area contributed by atoms with Gasteiger partial charge in [-0.05, 0) is 32.6 Å². The van der Waals surface area contributed by atoms with Crippen LogP contribution >= 0.6 is 0 Å². The minimum Gasteiger partial charge on any atom is -0.333 e. The Morgan fingerprint density at radius 2 is 1.74 bits per heavy atom. The Morgan fingerprint density at radius 1 is 1.26 bits per heavy atom. The molecule has 0 aromatic rings. The first-order valence-corrected chi connectivity index (χ1v) is 6.36. The maximum absolute atomic E-state index is 12.4. The Labute approximate surface area is 111 Å². The molecule has 4 nitrogen and oxygen atoms in total. The predicted molar refractivity (Wildman–Crippen MR) is 65.5 cm³/mol. The fraction of sp³-hybridized carbons (Fsp3) is 0.833. The highest BCUT2D eigenvalue weighted by atomic mass is 19.4. The summed E-state index contributed by atoms with van der Waals surface area (Å²) in [5.74, 6) is -1.29. The molecule has 1 rings (SSSR count). The van der Waals surface area contributed by atoms with Crippen molar-refractivity contribution in [2.24, 2.45) is 5.92 Å². The van der Waals surface area contributed by atoms with Crippen LogP contribution < -0.4 is 10.6 Å². The van der Waals surface area contributed by atoms with E-state index in [9.17, 15) is 22.8 Å². The molecule has 0 aromatic carbocycles. The van der Waals surface area contributed by atoms with Gasteiger partial charge in [0.1, 0.15) is 0 Å². The number of urea groups is 1. The van der Waals surface area contributed by atoms with E-state index in [4.69, 9.17) is 0 Å². The van der Waals surface area contributed by atoms with Crippen LogP contribution in [0.15, 0.2) is 0 Å². The van der Waals surface area contributed by atoms with E-state index in [1.54, 1.807) is 6.92 Å². The molecular formula is C12H21F3N2O2. The molecule has 0 aromatic heterocycles. The molecule has 0 saturated heterocycles. The SMILES string of the molecule is CC.CC1(NC(=O)NC=O)CCC(C(F)(F)F)CC1. The standard InChI is InChI=1S/C10H15F3N2O2.C2H6/c1-9(15-8(17)14-6-16)4-2-7(3-5-9)10(11,12)13;1-2/h6-7H,2-5H2,1H3,(H2,14,15,16,17);1-2H3. The van der Waals surface area contributed by atoms with Gasteiger partial charge in [0.15, 0.2) is 0 Å². The molecular weight excluding hydrogens is 261 g/mol. The van der Waals surface area contributed by atoms with Gasteiger partial charge in [0, 0.05) is 5.54 Å². The summed E-state index contributed by atoms with van der Waals surface area (Å²) in [4.78, 5) is 21.1. The lowest BCUT2D eigenvalue weighted by molar-refractivity contribution is -0.184. The van der Waals surface area contributed by atoms with E-state index in [1.807, 2.05) is 19.2 Å². The smallest absolute Gasteiger partial charge is 0.333 e. The highest BCUT2D eigenvalue weighted by Gasteiger charge is 2.44. The zero-order valence-corrected chi connectivity index (χ0v) is 11.4. The maximum atomic E-state index is 12.4. The van der Waals surface area contributed by atoms with E-state index in [-0.39, 0.29) is 32.1 Å². The minimum absolute atomic E-state index is 0.00136.